The van der Waals surface area contributed by atoms with Crippen molar-refractivity contribution in [2.75, 3.05) is 19.7 Å². The van der Waals surface area contributed by atoms with Gasteiger partial charge < -0.3 is 14.5 Å². The Hall–Kier alpha value is -1.43. The van der Waals surface area contributed by atoms with E-state index in [0.717, 1.165) is 12.8 Å². The first-order valence-corrected chi connectivity index (χ1v) is 5.39. The van der Waals surface area contributed by atoms with Crippen LogP contribution in [-0.4, -0.2) is 45.8 Å². The standard InChI is InChI=1S/C10H15N3O3/c1-7-11-10(12-16-7)8-3-2-4-13(5-8)9(15)6-14/h8,14H,2-6H2,1H3/t8-/m1/s1. The van der Waals surface area contributed by atoms with Crippen molar-refractivity contribution >= 4 is 5.91 Å². The number of piperidine rings is 1. The summed E-state index contributed by atoms with van der Waals surface area (Å²) in [5.41, 5.74) is 0. The summed E-state index contributed by atoms with van der Waals surface area (Å²) in [6.45, 7) is 2.58. The first kappa shape index (κ1) is 11.1. The molecule has 0 saturated carbocycles. The quantitative estimate of drug-likeness (QED) is 0.770. The van der Waals surface area contributed by atoms with E-state index in [1.807, 2.05) is 0 Å². The van der Waals surface area contributed by atoms with Gasteiger partial charge >= 0.3 is 0 Å². The largest absolute Gasteiger partial charge is 0.387 e. The molecule has 1 aromatic rings. The van der Waals surface area contributed by atoms with Gasteiger partial charge in [0.1, 0.15) is 6.61 Å². The van der Waals surface area contributed by atoms with Gasteiger partial charge in [0.05, 0.1) is 0 Å². The molecule has 88 valence electrons. The highest BCUT2D eigenvalue weighted by Gasteiger charge is 2.27. The van der Waals surface area contributed by atoms with Gasteiger partial charge in [0.25, 0.3) is 0 Å². The second-order valence-corrected chi connectivity index (χ2v) is 4.01. The maximum atomic E-state index is 11.4. The van der Waals surface area contributed by atoms with E-state index < -0.39 is 6.61 Å². The van der Waals surface area contributed by atoms with Gasteiger partial charge in [0.15, 0.2) is 5.82 Å². The Kier molecular flexibility index (Phi) is 3.19. The highest BCUT2D eigenvalue weighted by molar-refractivity contribution is 5.77. The van der Waals surface area contributed by atoms with Crippen molar-refractivity contribution in [3.8, 4) is 0 Å². The van der Waals surface area contributed by atoms with Gasteiger partial charge in [-0.05, 0) is 12.8 Å². The Balaban J connectivity index is 2.04. The summed E-state index contributed by atoms with van der Waals surface area (Å²) in [6.07, 6.45) is 1.86. The number of aryl methyl sites for hydroxylation is 1. The van der Waals surface area contributed by atoms with Crippen LogP contribution in [0.1, 0.15) is 30.5 Å². The van der Waals surface area contributed by atoms with Crippen molar-refractivity contribution in [2.45, 2.75) is 25.7 Å². The number of likely N-dealkylation sites (tertiary alicyclic amines) is 1. The number of aromatic nitrogens is 2. The van der Waals surface area contributed by atoms with Crippen LogP contribution >= 0.6 is 0 Å². The van der Waals surface area contributed by atoms with Crippen molar-refractivity contribution in [3.05, 3.63) is 11.7 Å². The lowest BCUT2D eigenvalue weighted by Crippen LogP contribution is -2.40. The van der Waals surface area contributed by atoms with Crippen LogP contribution in [-0.2, 0) is 4.79 Å². The molecule has 0 radical (unpaired) electrons. The molecule has 1 saturated heterocycles. The van der Waals surface area contributed by atoms with Crippen LogP contribution in [0.25, 0.3) is 0 Å². The number of carbonyl (C=O) groups is 1. The molecule has 16 heavy (non-hydrogen) atoms. The first-order valence-electron chi connectivity index (χ1n) is 5.39. The molecule has 1 aliphatic heterocycles. The van der Waals surface area contributed by atoms with Crippen LogP contribution in [0.15, 0.2) is 4.52 Å². The molecule has 6 nitrogen and oxygen atoms in total. The lowest BCUT2D eigenvalue weighted by molar-refractivity contribution is -0.135. The topological polar surface area (TPSA) is 79.5 Å². The third-order valence-corrected chi connectivity index (χ3v) is 2.82. The number of amides is 1. The number of aliphatic hydroxyl groups is 1. The molecular weight excluding hydrogens is 210 g/mol. The maximum absolute atomic E-state index is 11.4. The predicted molar refractivity (Wildman–Crippen MR) is 54.7 cm³/mol. The normalized spacial score (nSPS) is 21.1. The van der Waals surface area contributed by atoms with E-state index in [1.165, 1.54) is 0 Å². The van der Waals surface area contributed by atoms with Gasteiger partial charge in [-0.15, -0.1) is 0 Å². The molecule has 2 heterocycles. The Morgan fingerprint density at radius 1 is 1.69 bits per heavy atom. The molecule has 0 aromatic carbocycles. The van der Waals surface area contributed by atoms with Gasteiger partial charge in [-0.25, -0.2) is 0 Å². The molecule has 6 heteroatoms. The molecule has 1 amide bonds. The fraction of sp³-hybridized carbons (Fsp3) is 0.700. The minimum absolute atomic E-state index is 0.127. The Bertz CT molecular complexity index is 377. The third kappa shape index (κ3) is 2.21. The van der Waals surface area contributed by atoms with E-state index in [-0.39, 0.29) is 11.8 Å². The molecule has 2 rings (SSSR count). The number of hydrogen-bond acceptors (Lipinski definition) is 5. The zero-order valence-corrected chi connectivity index (χ0v) is 9.22. The molecule has 0 unspecified atom stereocenters. The van der Waals surface area contributed by atoms with Crippen molar-refractivity contribution in [2.24, 2.45) is 0 Å². The van der Waals surface area contributed by atoms with Crippen molar-refractivity contribution < 1.29 is 14.4 Å². The van der Waals surface area contributed by atoms with Crippen LogP contribution in [0.5, 0.6) is 0 Å². The van der Waals surface area contributed by atoms with E-state index in [9.17, 15) is 4.79 Å². The van der Waals surface area contributed by atoms with Crippen molar-refractivity contribution in [1.82, 2.24) is 15.0 Å². The van der Waals surface area contributed by atoms with Crippen LogP contribution in [0.3, 0.4) is 0 Å². The van der Waals surface area contributed by atoms with E-state index in [0.29, 0.717) is 24.8 Å². The molecule has 1 fully saturated rings. The number of nitrogens with zero attached hydrogens (tertiary/aromatic N) is 3. The summed E-state index contributed by atoms with van der Waals surface area (Å²) >= 11 is 0. The number of rotatable bonds is 2. The Morgan fingerprint density at radius 3 is 3.12 bits per heavy atom. The van der Waals surface area contributed by atoms with Crippen LogP contribution < -0.4 is 0 Å². The summed E-state index contributed by atoms with van der Waals surface area (Å²) in [5.74, 6) is 1.10. The average molecular weight is 225 g/mol. The molecule has 0 spiro atoms. The number of aliphatic hydroxyl groups excluding tert-OH is 1. The minimum Gasteiger partial charge on any atom is -0.387 e. The summed E-state index contributed by atoms with van der Waals surface area (Å²) in [7, 11) is 0. The summed E-state index contributed by atoms with van der Waals surface area (Å²) in [6, 6.07) is 0. The zero-order chi connectivity index (χ0) is 11.5. The predicted octanol–water partition coefficient (Wildman–Crippen LogP) is 0.0763. The van der Waals surface area contributed by atoms with Crippen LogP contribution in [0.4, 0.5) is 0 Å². The third-order valence-electron chi connectivity index (χ3n) is 2.82. The molecular formula is C10H15N3O3. The molecule has 1 aliphatic rings. The summed E-state index contributed by atoms with van der Waals surface area (Å²) in [5, 5.41) is 12.7. The van der Waals surface area contributed by atoms with E-state index in [2.05, 4.69) is 10.1 Å². The molecule has 0 bridgehead atoms. The van der Waals surface area contributed by atoms with Gasteiger partial charge in [-0.3, -0.25) is 4.79 Å². The van der Waals surface area contributed by atoms with Gasteiger partial charge in [-0.2, -0.15) is 4.98 Å². The lowest BCUT2D eigenvalue weighted by atomic mass is 9.97. The average Bonchev–Trinajstić information content (AvgIpc) is 2.75. The summed E-state index contributed by atoms with van der Waals surface area (Å²) in [4.78, 5) is 17.2. The SMILES string of the molecule is Cc1nc([C@@H]2CCCN(C(=O)CO)C2)no1. The number of hydrogen-bond donors (Lipinski definition) is 1. The Morgan fingerprint density at radius 2 is 2.50 bits per heavy atom. The number of carbonyl (C=O) groups excluding carboxylic acids is 1. The van der Waals surface area contributed by atoms with E-state index in [1.54, 1.807) is 11.8 Å². The second kappa shape index (κ2) is 4.61. The second-order valence-electron chi connectivity index (χ2n) is 4.01. The fourth-order valence-electron chi connectivity index (χ4n) is 2.00. The minimum atomic E-state index is -0.433. The van der Waals surface area contributed by atoms with Crippen molar-refractivity contribution in [3.63, 3.8) is 0 Å². The lowest BCUT2D eigenvalue weighted by Gasteiger charge is -2.30. The monoisotopic (exact) mass is 225 g/mol. The van der Waals surface area contributed by atoms with Crippen LogP contribution in [0, 0.1) is 6.92 Å². The molecule has 1 N–H and O–H groups in total. The molecule has 0 aliphatic carbocycles. The van der Waals surface area contributed by atoms with Gasteiger partial charge in [0.2, 0.25) is 11.8 Å². The molecule has 1 aromatic heterocycles. The zero-order valence-electron chi connectivity index (χ0n) is 9.22. The van der Waals surface area contributed by atoms with E-state index >= 15 is 0 Å². The van der Waals surface area contributed by atoms with E-state index in [4.69, 9.17) is 9.63 Å². The van der Waals surface area contributed by atoms with Gasteiger partial charge in [-0.1, -0.05) is 5.16 Å². The Labute approximate surface area is 93.2 Å². The maximum Gasteiger partial charge on any atom is 0.248 e. The summed E-state index contributed by atoms with van der Waals surface area (Å²) < 4.78 is 4.93. The smallest absolute Gasteiger partial charge is 0.248 e. The van der Waals surface area contributed by atoms with Crippen molar-refractivity contribution in [1.29, 1.82) is 0 Å². The van der Waals surface area contributed by atoms with Gasteiger partial charge in [0, 0.05) is 25.9 Å². The van der Waals surface area contributed by atoms with Crippen LogP contribution in [0.2, 0.25) is 0 Å². The fourth-order valence-corrected chi connectivity index (χ4v) is 2.00. The first-order chi connectivity index (χ1) is 7.70. The highest BCUT2D eigenvalue weighted by atomic mass is 16.5. The highest BCUT2D eigenvalue weighted by Crippen LogP contribution is 2.24. The molecule has 1 atom stereocenters.